The highest BCUT2D eigenvalue weighted by molar-refractivity contribution is 6.40. The van der Waals surface area contributed by atoms with Gasteiger partial charge in [-0.05, 0) is 32.0 Å². The van der Waals surface area contributed by atoms with Crippen LogP contribution < -0.4 is 0 Å². The first-order valence-corrected chi connectivity index (χ1v) is 6.71. The molecule has 0 aliphatic heterocycles. The van der Waals surface area contributed by atoms with E-state index in [-0.39, 0.29) is 36.1 Å². The summed E-state index contributed by atoms with van der Waals surface area (Å²) in [7, 11) is 0. The Kier molecular flexibility index (Phi) is 6.81. The average molecular weight is 316 g/mol. The Bertz CT molecular complexity index is 560. The fraction of sp³-hybridized carbons (Fsp3) is 0.357. The van der Waals surface area contributed by atoms with E-state index >= 15 is 0 Å². The molecule has 0 heterocycles. The van der Waals surface area contributed by atoms with Crippen molar-refractivity contribution in [3.8, 4) is 0 Å². The molecule has 21 heavy (non-hydrogen) atoms. The lowest BCUT2D eigenvalue weighted by Gasteiger charge is -2.06. The maximum absolute atomic E-state index is 13.1. The zero-order valence-corrected chi connectivity index (χ0v) is 12.4. The minimum atomic E-state index is -0.731. The van der Waals surface area contributed by atoms with Crippen molar-refractivity contribution in [3.05, 3.63) is 29.0 Å². The Morgan fingerprint density at radius 1 is 1.24 bits per heavy atom. The molecule has 0 saturated carbocycles. The van der Waals surface area contributed by atoms with Gasteiger partial charge in [0.25, 0.3) is 0 Å². The maximum Gasteiger partial charge on any atom is 0.353 e. The van der Waals surface area contributed by atoms with Gasteiger partial charge in [0.15, 0.2) is 0 Å². The summed E-state index contributed by atoms with van der Waals surface area (Å²) in [4.78, 5) is 27.2. The summed E-state index contributed by atoms with van der Waals surface area (Å²) in [6, 6.07) is 3.71. The quantitative estimate of drug-likeness (QED) is 0.598. The third-order valence-electron chi connectivity index (χ3n) is 2.30. The second-order valence-electron chi connectivity index (χ2n) is 3.86. The van der Waals surface area contributed by atoms with Crippen molar-refractivity contribution >= 4 is 34.9 Å². The summed E-state index contributed by atoms with van der Waals surface area (Å²) >= 11 is 5.64. The Morgan fingerprint density at radius 3 is 2.48 bits per heavy atom. The molecule has 0 amide bonds. The molecule has 0 spiro atoms. The van der Waals surface area contributed by atoms with Gasteiger partial charge in [-0.1, -0.05) is 11.6 Å². The highest BCUT2D eigenvalue weighted by atomic mass is 35.5. The van der Waals surface area contributed by atoms with Crippen molar-refractivity contribution in [3.63, 3.8) is 0 Å². The molecule has 7 heteroatoms. The third kappa shape index (κ3) is 5.51. The van der Waals surface area contributed by atoms with E-state index in [9.17, 15) is 14.0 Å². The first-order valence-electron chi connectivity index (χ1n) is 6.33. The van der Waals surface area contributed by atoms with Gasteiger partial charge in [0, 0.05) is 0 Å². The number of rotatable bonds is 6. The number of hydrogen-bond donors (Lipinski definition) is 0. The summed E-state index contributed by atoms with van der Waals surface area (Å²) in [5.41, 5.74) is 0.117. The predicted octanol–water partition coefficient (Wildman–Crippen LogP) is 3.07. The fourth-order valence-corrected chi connectivity index (χ4v) is 1.61. The summed E-state index contributed by atoms with van der Waals surface area (Å²) in [6.07, 6.45) is -0.332. The molecule has 0 aliphatic rings. The van der Waals surface area contributed by atoms with Crippen molar-refractivity contribution < 1.29 is 23.5 Å². The van der Waals surface area contributed by atoms with Crippen LogP contribution in [0.5, 0.6) is 0 Å². The van der Waals surface area contributed by atoms with Crippen molar-refractivity contribution in [1.29, 1.82) is 0 Å². The van der Waals surface area contributed by atoms with Crippen LogP contribution in [0, 0.1) is 5.82 Å². The first kappa shape index (κ1) is 17.1. The average Bonchev–Trinajstić information content (AvgIpc) is 2.42. The van der Waals surface area contributed by atoms with Crippen molar-refractivity contribution in [2.75, 3.05) is 13.2 Å². The number of carbonyl (C=O) groups is 2. The Hall–Kier alpha value is -1.95. The lowest BCUT2D eigenvalue weighted by atomic mass is 10.2. The van der Waals surface area contributed by atoms with Crippen LogP contribution >= 0.6 is 11.6 Å². The molecule has 1 aromatic carbocycles. The number of ether oxygens (including phenoxy) is 2. The van der Waals surface area contributed by atoms with E-state index in [2.05, 4.69) is 4.99 Å². The van der Waals surface area contributed by atoms with Crippen LogP contribution in [0.2, 0.25) is 5.02 Å². The van der Waals surface area contributed by atoms with Gasteiger partial charge in [0.2, 0.25) is 0 Å². The third-order valence-corrected chi connectivity index (χ3v) is 2.59. The van der Waals surface area contributed by atoms with Crippen molar-refractivity contribution in [2.45, 2.75) is 20.3 Å². The second-order valence-corrected chi connectivity index (χ2v) is 4.27. The molecule has 0 N–H and O–H groups in total. The molecule has 1 rings (SSSR count). The SMILES string of the molecule is CCOC(=O)CC(=Nc1ccc(F)c(Cl)c1)C(=O)OCC. The smallest absolute Gasteiger partial charge is 0.353 e. The van der Waals surface area contributed by atoms with Gasteiger partial charge < -0.3 is 9.47 Å². The summed E-state index contributed by atoms with van der Waals surface area (Å²) in [5, 5.41) is -0.129. The zero-order chi connectivity index (χ0) is 15.8. The number of halogens is 2. The van der Waals surface area contributed by atoms with E-state index in [1.54, 1.807) is 13.8 Å². The molecule has 0 aromatic heterocycles. The first-order chi connectivity index (χ1) is 9.97. The van der Waals surface area contributed by atoms with Crippen LogP contribution in [0.15, 0.2) is 23.2 Å². The minimum Gasteiger partial charge on any atom is -0.466 e. The Labute approximate surface area is 126 Å². The van der Waals surface area contributed by atoms with Crippen LogP contribution in [-0.2, 0) is 19.1 Å². The normalized spacial score (nSPS) is 11.1. The maximum atomic E-state index is 13.1. The van der Waals surface area contributed by atoms with Gasteiger partial charge in [-0.3, -0.25) is 4.79 Å². The molecule has 0 radical (unpaired) electrons. The molecule has 0 unspecified atom stereocenters. The van der Waals surface area contributed by atoms with Crippen LogP contribution in [0.1, 0.15) is 20.3 Å². The number of nitrogens with zero attached hydrogens (tertiary/aromatic N) is 1. The van der Waals surface area contributed by atoms with Crippen LogP contribution in [0.3, 0.4) is 0 Å². The number of hydrogen-bond acceptors (Lipinski definition) is 5. The van der Waals surface area contributed by atoms with Crippen LogP contribution in [0.25, 0.3) is 0 Å². The molecule has 0 saturated heterocycles. The highest BCUT2D eigenvalue weighted by Crippen LogP contribution is 2.22. The van der Waals surface area contributed by atoms with Gasteiger partial charge in [-0.2, -0.15) is 0 Å². The topological polar surface area (TPSA) is 65.0 Å². The number of aliphatic imine (C=N–C) groups is 1. The van der Waals surface area contributed by atoms with E-state index in [4.69, 9.17) is 21.1 Å². The van der Waals surface area contributed by atoms with E-state index in [1.165, 1.54) is 12.1 Å². The standard InChI is InChI=1S/C14H15ClFNO4/c1-3-20-13(18)8-12(14(19)21-4-2)17-9-5-6-11(16)10(15)7-9/h5-7H,3-4,8H2,1-2H3. The molecule has 1 aromatic rings. The van der Waals surface area contributed by atoms with E-state index in [1.807, 2.05) is 0 Å². The molecular weight excluding hydrogens is 301 g/mol. The monoisotopic (exact) mass is 315 g/mol. The minimum absolute atomic E-state index is 0.127. The van der Waals surface area contributed by atoms with Gasteiger partial charge in [-0.25, -0.2) is 14.2 Å². The van der Waals surface area contributed by atoms with Gasteiger partial charge in [0.1, 0.15) is 11.5 Å². The van der Waals surface area contributed by atoms with E-state index < -0.39 is 17.8 Å². The Morgan fingerprint density at radius 2 is 1.90 bits per heavy atom. The van der Waals surface area contributed by atoms with Crippen molar-refractivity contribution in [1.82, 2.24) is 0 Å². The van der Waals surface area contributed by atoms with E-state index in [0.717, 1.165) is 6.07 Å². The lowest BCUT2D eigenvalue weighted by molar-refractivity contribution is -0.143. The van der Waals surface area contributed by atoms with E-state index in [0.29, 0.717) is 0 Å². The molecule has 0 aliphatic carbocycles. The molecule has 0 bridgehead atoms. The Balaban J connectivity index is 3.03. The predicted molar refractivity (Wildman–Crippen MR) is 76.4 cm³/mol. The zero-order valence-electron chi connectivity index (χ0n) is 11.7. The highest BCUT2D eigenvalue weighted by Gasteiger charge is 2.18. The molecule has 114 valence electrons. The summed E-state index contributed by atoms with van der Waals surface area (Å²) in [6.45, 7) is 3.62. The largest absolute Gasteiger partial charge is 0.466 e. The van der Waals surface area contributed by atoms with Gasteiger partial charge in [0.05, 0.1) is 30.3 Å². The fourth-order valence-electron chi connectivity index (χ4n) is 1.43. The van der Waals surface area contributed by atoms with Crippen LogP contribution in [-0.4, -0.2) is 30.9 Å². The molecule has 0 atom stereocenters. The second kappa shape index (κ2) is 8.36. The summed E-state index contributed by atoms with van der Waals surface area (Å²) < 4.78 is 22.7. The molecule has 0 fully saturated rings. The number of carbonyl (C=O) groups excluding carboxylic acids is 2. The molecular formula is C14H15ClFNO4. The van der Waals surface area contributed by atoms with Crippen molar-refractivity contribution in [2.24, 2.45) is 4.99 Å². The van der Waals surface area contributed by atoms with Gasteiger partial charge >= 0.3 is 11.9 Å². The summed E-state index contributed by atoms with van der Waals surface area (Å²) in [5.74, 6) is -1.93. The van der Waals surface area contributed by atoms with Gasteiger partial charge in [-0.15, -0.1) is 0 Å². The molecule has 5 nitrogen and oxygen atoms in total. The number of benzene rings is 1. The number of esters is 2. The van der Waals surface area contributed by atoms with Crippen LogP contribution in [0.4, 0.5) is 10.1 Å². The lowest BCUT2D eigenvalue weighted by Crippen LogP contribution is -2.22.